The molecule has 1 N–H and O–H groups in total. The molecule has 1 saturated heterocycles. The van der Waals surface area contributed by atoms with Gasteiger partial charge in [0.25, 0.3) is 5.78 Å². The number of nitrogens with zero attached hydrogens (tertiary/aromatic N) is 4. The lowest BCUT2D eigenvalue weighted by atomic mass is 10.1. The lowest BCUT2D eigenvalue weighted by Crippen LogP contribution is -2.24. The van der Waals surface area contributed by atoms with E-state index in [0.29, 0.717) is 11.8 Å². The fourth-order valence-corrected chi connectivity index (χ4v) is 2.22. The lowest BCUT2D eigenvalue weighted by molar-refractivity contribution is 0.582. The number of hydrogen-bond acceptors (Lipinski definition) is 4. The molecule has 1 aliphatic rings. The zero-order chi connectivity index (χ0) is 11.0. The maximum Gasteiger partial charge on any atom is 0.254 e. The highest BCUT2D eigenvalue weighted by Gasteiger charge is 2.17. The molecular weight excluding hydrogens is 202 g/mol. The molecule has 1 aliphatic heterocycles. The van der Waals surface area contributed by atoms with Gasteiger partial charge in [-0.05, 0) is 31.9 Å². The van der Waals surface area contributed by atoms with E-state index in [4.69, 9.17) is 0 Å². The van der Waals surface area contributed by atoms with Gasteiger partial charge in [-0.2, -0.15) is 0 Å². The SMILES string of the molecule is Cc1cnc2nnc(CC3CCCN3)n2c1. The first kappa shape index (κ1) is 9.72. The van der Waals surface area contributed by atoms with Crippen molar-refractivity contribution >= 4 is 5.78 Å². The molecule has 5 heteroatoms. The van der Waals surface area contributed by atoms with Crippen molar-refractivity contribution in [3.05, 3.63) is 23.8 Å². The van der Waals surface area contributed by atoms with Gasteiger partial charge in [-0.3, -0.25) is 4.40 Å². The molecule has 0 aromatic carbocycles. The van der Waals surface area contributed by atoms with Crippen LogP contribution in [0.2, 0.25) is 0 Å². The Kier molecular flexibility index (Phi) is 2.32. The summed E-state index contributed by atoms with van der Waals surface area (Å²) >= 11 is 0. The van der Waals surface area contributed by atoms with Crippen molar-refractivity contribution in [3.8, 4) is 0 Å². The number of fused-ring (bicyclic) bond motifs is 1. The molecule has 84 valence electrons. The Hall–Kier alpha value is -1.49. The minimum absolute atomic E-state index is 0.549. The zero-order valence-electron chi connectivity index (χ0n) is 9.35. The van der Waals surface area contributed by atoms with E-state index in [9.17, 15) is 0 Å². The summed E-state index contributed by atoms with van der Waals surface area (Å²) < 4.78 is 2.00. The molecule has 1 fully saturated rings. The van der Waals surface area contributed by atoms with Crippen LogP contribution in [0, 0.1) is 6.92 Å². The van der Waals surface area contributed by atoms with Crippen LogP contribution in [0.3, 0.4) is 0 Å². The first-order valence-corrected chi connectivity index (χ1v) is 5.72. The topological polar surface area (TPSA) is 55.1 Å². The fourth-order valence-electron chi connectivity index (χ4n) is 2.22. The van der Waals surface area contributed by atoms with Crippen LogP contribution >= 0.6 is 0 Å². The highest BCUT2D eigenvalue weighted by molar-refractivity contribution is 5.28. The van der Waals surface area contributed by atoms with Crippen LogP contribution in [0.5, 0.6) is 0 Å². The van der Waals surface area contributed by atoms with E-state index < -0.39 is 0 Å². The second kappa shape index (κ2) is 3.83. The molecule has 0 saturated carbocycles. The predicted octanol–water partition coefficient (Wildman–Crippen LogP) is 0.727. The second-order valence-electron chi connectivity index (χ2n) is 4.41. The van der Waals surface area contributed by atoms with E-state index in [1.165, 1.54) is 12.8 Å². The van der Waals surface area contributed by atoms with Crippen molar-refractivity contribution in [2.45, 2.75) is 32.2 Å². The average molecular weight is 217 g/mol. The van der Waals surface area contributed by atoms with E-state index in [-0.39, 0.29) is 0 Å². The van der Waals surface area contributed by atoms with Crippen molar-refractivity contribution in [1.29, 1.82) is 0 Å². The molecule has 0 bridgehead atoms. The van der Waals surface area contributed by atoms with Gasteiger partial charge in [0.15, 0.2) is 0 Å². The van der Waals surface area contributed by atoms with Crippen molar-refractivity contribution in [2.24, 2.45) is 0 Å². The number of hydrogen-bond donors (Lipinski definition) is 1. The van der Waals surface area contributed by atoms with Gasteiger partial charge in [0.2, 0.25) is 0 Å². The Balaban J connectivity index is 1.93. The normalized spacial score (nSPS) is 20.7. The van der Waals surface area contributed by atoms with Crippen LogP contribution in [0.25, 0.3) is 5.78 Å². The quantitative estimate of drug-likeness (QED) is 0.805. The molecule has 0 amide bonds. The number of rotatable bonds is 2. The van der Waals surface area contributed by atoms with Crippen molar-refractivity contribution < 1.29 is 0 Å². The van der Waals surface area contributed by atoms with Crippen molar-refractivity contribution in [2.75, 3.05) is 6.54 Å². The summed E-state index contributed by atoms with van der Waals surface area (Å²) in [6, 6.07) is 0.549. The zero-order valence-corrected chi connectivity index (χ0v) is 9.35. The molecule has 1 unspecified atom stereocenters. The standard InChI is InChI=1S/C11H15N5/c1-8-6-13-11-15-14-10(16(11)7-8)5-9-3-2-4-12-9/h6-7,9,12H,2-5H2,1H3. The highest BCUT2D eigenvalue weighted by atomic mass is 15.3. The van der Waals surface area contributed by atoms with E-state index in [2.05, 4.69) is 20.5 Å². The van der Waals surface area contributed by atoms with Gasteiger partial charge in [-0.25, -0.2) is 4.98 Å². The molecule has 2 aromatic rings. The smallest absolute Gasteiger partial charge is 0.254 e. The Morgan fingerprint density at radius 1 is 1.50 bits per heavy atom. The minimum atomic E-state index is 0.549. The second-order valence-corrected chi connectivity index (χ2v) is 4.41. The summed E-state index contributed by atoms with van der Waals surface area (Å²) in [6.45, 7) is 3.16. The van der Waals surface area contributed by atoms with Gasteiger partial charge in [0, 0.05) is 24.9 Å². The summed E-state index contributed by atoms with van der Waals surface area (Å²) in [4.78, 5) is 4.24. The van der Waals surface area contributed by atoms with Gasteiger partial charge < -0.3 is 5.32 Å². The van der Waals surface area contributed by atoms with Crippen LogP contribution in [-0.4, -0.2) is 32.2 Å². The van der Waals surface area contributed by atoms with Crippen molar-refractivity contribution in [1.82, 2.24) is 24.9 Å². The molecule has 0 radical (unpaired) electrons. The van der Waals surface area contributed by atoms with Crippen LogP contribution in [0.15, 0.2) is 12.4 Å². The Morgan fingerprint density at radius 3 is 3.25 bits per heavy atom. The third kappa shape index (κ3) is 1.67. The first-order chi connectivity index (χ1) is 7.83. The van der Waals surface area contributed by atoms with Crippen LogP contribution in [0.4, 0.5) is 0 Å². The minimum Gasteiger partial charge on any atom is -0.314 e. The van der Waals surface area contributed by atoms with Crippen molar-refractivity contribution in [3.63, 3.8) is 0 Å². The highest BCUT2D eigenvalue weighted by Crippen LogP contribution is 2.11. The number of aryl methyl sites for hydroxylation is 1. The van der Waals surface area contributed by atoms with E-state index in [1.807, 2.05) is 23.7 Å². The third-order valence-electron chi connectivity index (χ3n) is 3.06. The largest absolute Gasteiger partial charge is 0.314 e. The van der Waals surface area contributed by atoms with Gasteiger partial charge in [0.1, 0.15) is 5.82 Å². The molecule has 2 aromatic heterocycles. The fraction of sp³-hybridized carbons (Fsp3) is 0.545. The van der Waals surface area contributed by atoms with E-state index in [1.54, 1.807) is 0 Å². The average Bonchev–Trinajstić information content (AvgIpc) is 2.90. The van der Waals surface area contributed by atoms with Crippen LogP contribution < -0.4 is 5.32 Å². The predicted molar refractivity (Wildman–Crippen MR) is 60.2 cm³/mol. The molecule has 16 heavy (non-hydrogen) atoms. The Labute approximate surface area is 93.9 Å². The summed E-state index contributed by atoms with van der Waals surface area (Å²) in [5.41, 5.74) is 1.13. The third-order valence-corrected chi connectivity index (χ3v) is 3.06. The summed E-state index contributed by atoms with van der Waals surface area (Å²) in [5.74, 6) is 1.70. The molecule has 0 spiro atoms. The lowest BCUT2D eigenvalue weighted by Gasteiger charge is -2.07. The van der Waals surface area contributed by atoms with Gasteiger partial charge in [-0.15, -0.1) is 10.2 Å². The monoisotopic (exact) mass is 217 g/mol. The van der Waals surface area contributed by atoms with Gasteiger partial charge in [0.05, 0.1) is 0 Å². The number of nitrogens with one attached hydrogen (secondary N) is 1. The molecule has 3 heterocycles. The summed E-state index contributed by atoms with van der Waals surface area (Å²) in [5, 5.41) is 11.8. The van der Waals surface area contributed by atoms with E-state index >= 15 is 0 Å². The van der Waals surface area contributed by atoms with Crippen LogP contribution in [-0.2, 0) is 6.42 Å². The van der Waals surface area contributed by atoms with Gasteiger partial charge in [-0.1, -0.05) is 0 Å². The summed E-state index contributed by atoms with van der Waals surface area (Å²) in [7, 11) is 0. The summed E-state index contributed by atoms with van der Waals surface area (Å²) in [6.07, 6.45) is 7.30. The molecular formula is C11H15N5. The van der Waals surface area contributed by atoms with Crippen LogP contribution in [0.1, 0.15) is 24.2 Å². The molecule has 5 nitrogen and oxygen atoms in total. The molecule has 1 atom stereocenters. The maximum atomic E-state index is 4.24. The van der Waals surface area contributed by atoms with E-state index in [0.717, 1.165) is 24.4 Å². The Bertz CT molecular complexity index is 498. The Morgan fingerprint density at radius 2 is 2.44 bits per heavy atom. The first-order valence-electron chi connectivity index (χ1n) is 5.72. The number of aromatic nitrogens is 4. The molecule has 3 rings (SSSR count). The maximum absolute atomic E-state index is 4.24. The molecule has 0 aliphatic carbocycles. The van der Waals surface area contributed by atoms with Gasteiger partial charge >= 0.3 is 0 Å².